The Morgan fingerprint density at radius 3 is 1.76 bits per heavy atom. The summed E-state index contributed by atoms with van der Waals surface area (Å²) in [6, 6.07) is 6.04. The van der Waals surface area contributed by atoms with Crippen molar-refractivity contribution in [1.82, 2.24) is 25.8 Å². The van der Waals surface area contributed by atoms with Crippen molar-refractivity contribution < 1.29 is 33.7 Å². The van der Waals surface area contributed by atoms with Crippen LogP contribution in [0, 0.1) is 11.8 Å². The fourth-order valence-electron chi connectivity index (χ4n) is 12.0. The molecule has 4 N–H and O–H groups in total. The van der Waals surface area contributed by atoms with E-state index < -0.39 is 11.5 Å². The molecular formula is C54H78N8O6. The molecule has 370 valence electrons. The van der Waals surface area contributed by atoms with E-state index in [-0.39, 0.29) is 107 Å². The number of rotatable bonds is 12. The van der Waals surface area contributed by atoms with Crippen LogP contribution in [-0.4, -0.2) is 124 Å². The number of piperidine rings is 2. The van der Waals surface area contributed by atoms with Crippen LogP contribution in [0.15, 0.2) is 59.0 Å². The Hall–Kier alpha value is -5.08. The Morgan fingerprint density at radius 2 is 1.28 bits per heavy atom. The molecule has 0 spiro atoms. The van der Waals surface area contributed by atoms with Crippen LogP contribution < -0.4 is 31.3 Å². The van der Waals surface area contributed by atoms with Gasteiger partial charge in [0.2, 0.25) is 29.3 Å². The summed E-state index contributed by atoms with van der Waals surface area (Å²) in [5.74, 6) is -2.14. The summed E-state index contributed by atoms with van der Waals surface area (Å²) in [6.07, 6.45) is 12.4. The van der Waals surface area contributed by atoms with E-state index in [0.717, 1.165) is 50.2 Å². The van der Waals surface area contributed by atoms with E-state index in [0.29, 0.717) is 48.2 Å². The second-order valence-electron chi connectivity index (χ2n) is 23.0. The van der Waals surface area contributed by atoms with E-state index in [9.17, 15) is 29.1 Å². The molecule has 6 aliphatic rings. The average Bonchev–Trinajstić information content (AvgIpc) is 3.89. The van der Waals surface area contributed by atoms with E-state index in [4.69, 9.17) is 0 Å². The van der Waals surface area contributed by atoms with Crippen molar-refractivity contribution in [3.05, 3.63) is 64.6 Å². The number of ketones is 1. The number of likely N-dealkylation sites (tertiary alicyclic amines) is 2. The molecule has 4 aliphatic heterocycles. The first-order valence-electron chi connectivity index (χ1n) is 25.1. The third kappa shape index (κ3) is 10.4. The number of nitrogens with zero attached hydrogens (tertiary/aromatic N) is 4. The molecule has 0 radical (unpaired) electrons. The molecule has 68 heavy (non-hydrogen) atoms. The van der Waals surface area contributed by atoms with Crippen LogP contribution in [0.4, 0.5) is 11.4 Å². The first-order valence-corrected chi connectivity index (χ1v) is 25.1. The highest BCUT2D eigenvalue weighted by Crippen LogP contribution is 2.44. The highest BCUT2D eigenvalue weighted by Gasteiger charge is 2.46. The van der Waals surface area contributed by atoms with Crippen LogP contribution in [0.25, 0.3) is 5.57 Å². The molecule has 2 atom stereocenters. The highest BCUT2D eigenvalue weighted by atomic mass is 16.3. The second-order valence-corrected chi connectivity index (χ2v) is 23.0. The molecule has 1 aromatic rings. The van der Waals surface area contributed by atoms with Crippen molar-refractivity contribution in [3.8, 4) is 0 Å². The third-order valence-electron chi connectivity index (χ3n) is 16.4. The van der Waals surface area contributed by atoms with Gasteiger partial charge in [-0.3, -0.25) is 33.8 Å². The lowest BCUT2D eigenvalue weighted by atomic mass is 9.74. The van der Waals surface area contributed by atoms with Gasteiger partial charge in [-0.05, 0) is 140 Å². The van der Waals surface area contributed by atoms with E-state index in [1.165, 1.54) is 0 Å². The molecule has 4 saturated heterocycles. The van der Waals surface area contributed by atoms with Gasteiger partial charge in [-0.1, -0.05) is 11.8 Å². The summed E-state index contributed by atoms with van der Waals surface area (Å²) >= 11 is 0. The molecule has 4 amide bonds. The SMILES string of the molecule is CC1CCCN1c1ccc(C2=C([O-])/C(=C3C=C/C(=[N+]4/CCCC4C)C=C/3NC(=O)CCNC(=O)C3CC(C)(C)N(C)C(C)(C)C3)C2=O)c(NC(=O)CCNC(=O)C2CC(C)(C)N(C)C(C)(C)C2)c1. The topological polar surface area (TPSA) is 169 Å². The van der Waals surface area contributed by atoms with Crippen LogP contribution in [-0.2, 0) is 24.0 Å². The predicted molar refractivity (Wildman–Crippen MR) is 267 cm³/mol. The summed E-state index contributed by atoms with van der Waals surface area (Å²) in [7, 11) is 4.20. The van der Waals surface area contributed by atoms with Crippen LogP contribution in [0.3, 0.4) is 0 Å². The smallest absolute Gasteiger partial charge is 0.226 e. The van der Waals surface area contributed by atoms with Crippen LogP contribution in [0.2, 0.25) is 0 Å². The minimum Gasteiger partial charge on any atom is -0.871 e. The summed E-state index contributed by atoms with van der Waals surface area (Å²) in [5, 5.41) is 26.4. The Kier molecular flexibility index (Phi) is 14.5. The van der Waals surface area contributed by atoms with Crippen molar-refractivity contribution in [2.45, 2.75) is 168 Å². The standard InChI is InChI=1S/C54H78N8O6/c1-33-15-13-25-61(33)37-17-19-39(41(27-37)57-43(63)21-23-55-49(67)35-29-51(3,4)59(11)52(5,6)30-35)45-47(65)46(48(45)66)40-20-18-38(62-26-14-16-34(62)2)28-42(40)58-44(64)22-24-56-50(68)36-31-53(7,8)60(12)54(9,10)32-36/h17-20,27-28,33-36H,13-16,21-26,29-32H2,1-12H3,(H4,55,56,57,58,63,64,65,66,67,68). The first-order chi connectivity index (χ1) is 31.8. The number of benzene rings is 1. The summed E-state index contributed by atoms with van der Waals surface area (Å²) in [6.45, 7) is 23.5. The number of Topliss-reactive ketones (excluding diaryl/α,β-unsaturated/α-hetero) is 1. The van der Waals surface area contributed by atoms with Crippen molar-refractivity contribution >= 4 is 52.1 Å². The molecule has 4 heterocycles. The summed E-state index contributed by atoms with van der Waals surface area (Å²) in [4.78, 5) is 75.5. The van der Waals surface area contributed by atoms with Crippen LogP contribution in [0.5, 0.6) is 0 Å². The molecule has 2 unspecified atom stereocenters. The van der Waals surface area contributed by atoms with E-state index in [1.54, 1.807) is 12.1 Å². The van der Waals surface area contributed by atoms with Crippen LogP contribution in [0.1, 0.15) is 139 Å². The van der Waals surface area contributed by atoms with Gasteiger partial charge in [0.25, 0.3) is 0 Å². The maximum absolute atomic E-state index is 14.4. The molecule has 0 bridgehead atoms. The number of nitrogens with one attached hydrogen (secondary N) is 4. The maximum atomic E-state index is 14.4. The van der Waals surface area contributed by atoms with Gasteiger partial charge in [0, 0.05) is 125 Å². The van der Waals surface area contributed by atoms with Crippen molar-refractivity contribution in [3.63, 3.8) is 0 Å². The van der Waals surface area contributed by atoms with Crippen molar-refractivity contribution in [1.29, 1.82) is 0 Å². The number of carbonyl (C=O) groups is 5. The molecule has 14 heteroatoms. The number of amides is 4. The monoisotopic (exact) mass is 935 g/mol. The Bertz CT molecular complexity index is 2350. The van der Waals surface area contributed by atoms with Crippen molar-refractivity contribution in [2.75, 3.05) is 50.5 Å². The number of allylic oxidation sites excluding steroid dienone is 5. The maximum Gasteiger partial charge on any atom is 0.226 e. The van der Waals surface area contributed by atoms with Gasteiger partial charge in [0.05, 0.1) is 11.4 Å². The van der Waals surface area contributed by atoms with Gasteiger partial charge in [-0.25, -0.2) is 4.58 Å². The summed E-state index contributed by atoms with van der Waals surface area (Å²) < 4.78 is 2.26. The van der Waals surface area contributed by atoms with Crippen molar-refractivity contribution in [2.24, 2.45) is 11.8 Å². The Balaban J connectivity index is 1.10. The molecule has 1 aromatic carbocycles. The number of hydrogen-bond acceptors (Lipinski definition) is 9. The lowest BCUT2D eigenvalue weighted by molar-refractivity contribution is -0.538. The molecule has 2 aliphatic carbocycles. The molecule has 4 fully saturated rings. The van der Waals surface area contributed by atoms with Gasteiger partial charge in [-0.15, -0.1) is 0 Å². The lowest BCUT2D eigenvalue weighted by Gasteiger charge is -2.53. The van der Waals surface area contributed by atoms with E-state index in [1.807, 2.05) is 24.3 Å². The predicted octanol–water partition coefficient (Wildman–Crippen LogP) is 5.58. The minimum absolute atomic E-state index is 0.00674. The molecule has 7 rings (SSSR count). The Morgan fingerprint density at radius 1 is 0.735 bits per heavy atom. The first kappa shape index (κ1) is 50.8. The zero-order valence-corrected chi connectivity index (χ0v) is 42.9. The van der Waals surface area contributed by atoms with Gasteiger partial charge in [0.15, 0.2) is 11.8 Å². The lowest BCUT2D eigenvalue weighted by Crippen LogP contribution is -2.60. The second kappa shape index (κ2) is 19.4. The van der Waals surface area contributed by atoms with Gasteiger partial charge in [0.1, 0.15) is 6.54 Å². The van der Waals surface area contributed by atoms with E-state index >= 15 is 0 Å². The summed E-state index contributed by atoms with van der Waals surface area (Å²) in [5.41, 5.74) is 2.43. The van der Waals surface area contributed by atoms with Gasteiger partial charge in [-0.2, -0.15) is 0 Å². The third-order valence-corrected chi connectivity index (χ3v) is 16.4. The normalized spacial score (nSPS) is 27.2. The zero-order valence-electron chi connectivity index (χ0n) is 42.9. The average molecular weight is 935 g/mol. The quantitative estimate of drug-likeness (QED) is 0.155. The van der Waals surface area contributed by atoms with Crippen LogP contribution >= 0.6 is 0 Å². The van der Waals surface area contributed by atoms with Gasteiger partial charge < -0.3 is 31.3 Å². The molecule has 0 aromatic heterocycles. The number of carbonyl (C=O) groups excluding carboxylic acids is 5. The molecular weight excluding hydrogens is 857 g/mol. The molecule has 0 saturated carbocycles. The minimum atomic E-state index is -0.474. The fourth-order valence-corrected chi connectivity index (χ4v) is 12.0. The zero-order chi connectivity index (χ0) is 49.7. The Labute approximate surface area is 404 Å². The van der Waals surface area contributed by atoms with Gasteiger partial charge >= 0.3 is 0 Å². The van der Waals surface area contributed by atoms with E-state index in [2.05, 4.69) is 124 Å². The largest absolute Gasteiger partial charge is 0.871 e. The molecule has 14 nitrogen and oxygen atoms in total. The number of hydrogen-bond donors (Lipinski definition) is 4. The fraction of sp³-hybridized carbons (Fsp3) is 0.630. The highest BCUT2D eigenvalue weighted by molar-refractivity contribution is 6.40. The number of anilines is 2.